The number of likely N-dealkylation sites (N-methyl/N-ethyl adjacent to an activating group) is 1. The molecule has 0 saturated heterocycles. The number of carbonyl (C=O) groups excluding carboxylic acids is 1. The van der Waals surface area contributed by atoms with E-state index >= 15 is 0 Å². The maximum atomic E-state index is 10.5. The lowest BCUT2D eigenvalue weighted by Crippen LogP contribution is -2.45. The van der Waals surface area contributed by atoms with Crippen molar-refractivity contribution >= 4 is 5.91 Å². The molecule has 0 bridgehead atoms. The Morgan fingerprint density at radius 1 is 1.64 bits per heavy atom. The molecule has 4 N–H and O–H groups in total. The molecule has 66 valence electrons. The van der Waals surface area contributed by atoms with Gasteiger partial charge in [0.25, 0.3) is 0 Å². The maximum absolute atomic E-state index is 10.5. The van der Waals surface area contributed by atoms with Crippen LogP contribution in [0.1, 0.15) is 13.3 Å². The average molecular weight is 159 g/mol. The van der Waals surface area contributed by atoms with E-state index in [9.17, 15) is 4.79 Å². The zero-order chi connectivity index (χ0) is 8.85. The summed E-state index contributed by atoms with van der Waals surface area (Å²) in [6.45, 7) is 3.57. The summed E-state index contributed by atoms with van der Waals surface area (Å²) in [5.74, 6) is -0.437. The van der Waals surface area contributed by atoms with Gasteiger partial charge in [-0.25, -0.2) is 0 Å². The molecule has 1 amide bonds. The molecule has 0 rings (SSSR count). The van der Waals surface area contributed by atoms with Gasteiger partial charge < -0.3 is 16.4 Å². The molecule has 4 heteroatoms. The van der Waals surface area contributed by atoms with Gasteiger partial charge in [0.2, 0.25) is 5.91 Å². The van der Waals surface area contributed by atoms with Gasteiger partial charge in [0.15, 0.2) is 0 Å². The van der Waals surface area contributed by atoms with Gasteiger partial charge in [-0.3, -0.25) is 4.79 Å². The number of hydrogen-bond donors (Lipinski definition) is 2. The van der Waals surface area contributed by atoms with E-state index < -0.39 is 11.9 Å². The number of hydrogen-bond acceptors (Lipinski definition) is 3. The first-order chi connectivity index (χ1) is 5.07. The van der Waals surface area contributed by atoms with Crippen molar-refractivity contribution < 1.29 is 4.79 Å². The molecule has 1 atom stereocenters. The van der Waals surface area contributed by atoms with Crippen LogP contribution in [-0.2, 0) is 4.79 Å². The Bertz CT molecular complexity index is 127. The quantitative estimate of drug-likeness (QED) is 0.548. The lowest BCUT2D eigenvalue weighted by atomic mass is 10.3. The Morgan fingerprint density at radius 3 is 2.55 bits per heavy atom. The van der Waals surface area contributed by atoms with Gasteiger partial charge in [0, 0.05) is 6.54 Å². The molecule has 0 heterocycles. The standard InChI is InChI=1S/C7H17N3O/c1-3-4-10(2)5-6(8)7(9)11/h6H,3-5,8H2,1-2H3,(H2,9,11). The van der Waals surface area contributed by atoms with Crippen molar-refractivity contribution in [2.45, 2.75) is 19.4 Å². The van der Waals surface area contributed by atoms with Gasteiger partial charge in [0.05, 0.1) is 6.04 Å². The van der Waals surface area contributed by atoms with Crippen LogP contribution in [0, 0.1) is 0 Å². The van der Waals surface area contributed by atoms with Crippen molar-refractivity contribution in [2.24, 2.45) is 11.5 Å². The number of rotatable bonds is 5. The summed E-state index contributed by atoms with van der Waals surface area (Å²) >= 11 is 0. The van der Waals surface area contributed by atoms with E-state index in [1.165, 1.54) is 0 Å². The van der Waals surface area contributed by atoms with Crippen LogP contribution in [0.3, 0.4) is 0 Å². The van der Waals surface area contributed by atoms with Crippen LogP contribution in [0.5, 0.6) is 0 Å². The fourth-order valence-electron chi connectivity index (χ4n) is 0.899. The highest BCUT2D eigenvalue weighted by molar-refractivity contribution is 5.79. The molecule has 0 radical (unpaired) electrons. The summed E-state index contributed by atoms with van der Waals surface area (Å²) in [7, 11) is 1.92. The minimum Gasteiger partial charge on any atom is -0.368 e. The van der Waals surface area contributed by atoms with Crippen LogP contribution in [0.2, 0.25) is 0 Å². The van der Waals surface area contributed by atoms with Gasteiger partial charge in [-0.15, -0.1) is 0 Å². The number of primary amides is 1. The predicted molar refractivity (Wildman–Crippen MR) is 45.0 cm³/mol. The highest BCUT2D eigenvalue weighted by Crippen LogP contribution is 1.87. The molecule has 0 aromatic heterocycles. The van der Waals surface area contributed by atoms with E-state index in [4.69, 9.17) is 11.5 Å². The van der Waals surface area contributed by atoms with Crippen molar-refractivity contribution in [3.8, 4) is 0 Å². The summed E-state index contributed by atoms with van der Waals surface area (Å²) in [5.41, 5.74) is 10.4. The van der Waals surface area contributed by atoms with Crippen LogP contribution in [-0.4, -0.2) is 37.0 Å². The first-order valence-corrected chi connectivity index (χ1v) is 3.81. The first kappa shape index (κ1) is 10.4. The predicted octanol–water partition coefficient (Wildman–Crippen LogP) is -0.859. The monoisotopic (exact) mass is 159 g/mol. The molecule has 0 aliphatic heterocycles. The van der Waals surface area contributed by atoms with Gasteiger partial charge in [0.1, 0.15) is 0 Å². The van der Waals surface area contributed by atoms with E-state index in [-0.39, 0.29) is 0 Å². The maximum Gasteiger partial charge on any atom is 0.235 e. The van der Waals surface area contributed by atoms with Crippen molar-refractivity contribution in [3.05, 3.63) is 0 Å². The fourth-order valence-corrected chi connectivity index (χ4v) is 0.899. The van der Waals surface area contributed by atoms with E-state index in [1.807, 2.05) is 11.9 Å². The summed E-state index contributed by atoms with van der Waals surface area (Å²) in [5, 5.41) is 0. The van der Waals surface area contributed by atoms with E-state index in [1.54, 1.807) is 0 Å². The highest BCUT2D eigenvalue weighted by Gasteiger charge is 2.10. The normalized spacial score (nSPS) is 13.5. The van der Waals surface area contributed by atoms with Crippen molar-refractivity contribution in [1.82, 2.24) is 4.90 Å². The van der Waals surface area contributed by atoms with Gasteiger partial charge in [-0.1, -0.05) is 6.92 Å². The van der Waals surface area contributed by atoms with Crippen LogP contribution in [0.15, 0.2) is 0 Å². The molecule has 0 aliphatic carbocycles. The molecule has 0 fully saturated rings. The third kappa shape index (κ3) is 4.75. The zero-order valence-corrected chi connectivity index (χ0v) is 7.21. The van der Waals surface area contributed by atoms with Crippen LogP contribution in [0.25, 0.3) is 0 Å². The summed E-state index contributed by atoms with van der Waals surface area (Å²) < 4.78 is 0. The Hall–Kier alpha value is -0.610. The molecule has 11 heavy (non-hydrogen) atoms. The molecule has 4 nitrogen and oxygen atoms in total. The van der Waals surface area contributed by atoms with Crippen LogP contribution >= 0.6 is 0 Å². The molecule has 1 unspecified atom stereocenters. The second kappa shape index (κ2) is 5.09. The van der Waals surface area contributed by atoms with E-state index in [2.05, 4.69) is 6.92 Å². The highest BCUT2D eigenvalue weighted by atomic mass is 16.1. The van der Waals surface area contributed by atoms with Crippen LogP contribution < -0.4 is 11.5 Å². The molecular weight excluding hydrogens is 142 g/mol. The Kier molecular flexibility index (Phi) is 4.81. The van der Waals surface area contributed by atoms with E-state index in [0.717, 1.165) is 13.0 Å². The smallest absolute Gasteiger partial charge is 0.235 e. The summed E-state index contributed by atoms with van der Waals surface area (Å²) in [6.07, 6.45) is 1.06. The second-order valence-electron chi connectivity index (χ2n) is 2.77. The SMILES string of the molecule is CCCN(C)CC(N)C(N)=O. The van der Waals surface area contributed by atoms with Gasteiger partial charge in [-0.05, 0) is 20.0 Å². The minimum absolute atomic E-state index is 0.437. The first-order valence-electron chi connectivity index (χ1n) is 3.81. The topological polar surface area (TPSA) is 72.3 Å². The average Bonchev–Trinajstić information content (AvgIpc) is 1.87. The van der Waals surface area contributed by atoms with Gasteiger partial charge in [-0.2, -0.15) is 0 Å². The van der Waals surface area contributed by atoms with Crippen LogP contribution in [0.4, 0.5) is 0 Å². The van der Waals surface area contributed by atoms with Crippen molar-refractivity contribution in [3.63, 3.8) is 0 Å². The zero-order valence-electron chi connectivity index (χ0n) is 7.21. The number of nitrogens with zero attached hydrogens (tertiary/aromatic N) is 1. The number of amides is 1. The molecule has 0 aromatic carbocycles. The summed E-state index contributed by atoms with van der Waals surface area (Å²) in [4.78, 5) is 12.5. The Labute approximate surface area is 67.5 Å². The number of carbonyl (C=O) groups is 1. The molecule has 0 aliphatic rings. The molecular formula is C7H17N3O. The third-order valence-corrected chi connectivity index (χ3v) is 1.48. The lowest BCUT2D eigenvalue weighted by molar-refractivity contribution is -0.119. The second-order valence-corrected chi connectivity index (χ2v) is 2.77. The minimum atomic E-state index is -0.536. The molecule has 0 aromatic rings. The van der Waals surface area contributed by atoms with Crippen molar-refractivity contribution in [2.75, 3.05) is 20.1 Å². The van der Waals surface area contributed by atoms with E-state index in [0.29, 0.717) is 6.54 Å². The Balaban J connectivity index is 3.56. The fraction of sp³-hybridized carbons (Fsp3) is 0.857. The van der Waals surface area contributed by atoms with Gasteiger partial charge >= 0.3 is 0 Å². The lowest BCUT2D eigenvalue weighted by Gasteiger charge is -2.17. The molecule has 0 saturated carbocycles. The largest absolute Gasteiger partial charge is 0.368 e. The van der Waals surface area contributed by atoms with Crippen molar-refractivity contribution in [1.29, 1.82) is 0 Å². The Morgan fingerprint density at radius 2 is 2.18 bits per heavy atom. The summed E-state index contributed by atoms with van der Waals surface area (Å²) in [6, 6.07) is -0.536. The third-order valence-electron chi connectivity index (χ3n) is 1.48. The molecule has 0 spiro atoms. The number of nitrogens with two attached hydrogens (primary N) is 2.